The molecule has 1 aliphatic heterocycles. The maximum atomic E-state index is 5.53. The molecule has 0 bridgehead atoms. The van der Waals surface area contributed by atoms with Gasteiger partial charge in [-0.1, -0.05) is 6.08 Å². The summed E-state index contributed by atoms with van der Waals surface area (Å²) in [5, 5.41) is 0. The number of hydrogen-bond acceptors (Lipinski definition) is 2. The van der Waals surface area contributed by atoms with Crippen molar-refractivity contribution in [2.75, 3.05) is 13.1 Å². The molecule has 0 saturated heterocycles. The van der Waals surface area contributed by atoms with Crippen LogP contribution < -0.4 is 5.73 Å². The molecule has 9 heavy (non-hydrogen) atoms. The van der Waals surface area contributed by atoms with E-state index in [1.165, 1.54) is 0 Å². The lowest BCUT2D eigenvalue weighted by Gasteiger charge is -2.19. The molecule has 0 spiro atoms. The molecule has 0 atom stereocenters. The van der Waals surface area contributed by atoms with Gasteiger partial charge in [-0.2, -0.15) is 0 Å². The van der Waals surface area contributed by atoms with Crippen LogP contribution >= 0.6 is 0 Å². The molecule has 2 heteroatoms. The van der Waals surface area contributed by atoms with Gasteiger partial charge in [0, 0.05) is 25.0 Å². The quantitative estimate of drug-likeness (QED) is 0.557. The summed E-state index contributed by atoms with van der Waals surface area (Å²) < 4.78 is 0. The van der Waals surface area contributed by atoms with Crippen LogP contribution in [-0.2, 0) is 0 Å². The van der Waals surface area contributed by atoms with Crippen LogP contribution in [0.1, 0.15) is 6.92 Å². The second-order valence-corrected chi connectivity index (χ2v) is 2.12. The lowest BCUT2D eigenvalue weighted by Crippen LogP contribution is -2.21. The Labute approximate surface area is 55.6 Å². The molecule has 2 nitrogen and oxygen atoms in total. The fraction of sp³-hybridized carbons (Fsp3) is 0.429. The SMILES string of the molecule is CCN1C=C(N)C=CC1. The van der Waals surface area contributed by atoms with E-state index in [0.717, 1.165) is 18.8 Å². The molecule has 2 N–H and O–H groups in total. The third-order valence-electron chi connectivity index (χ3n) is 1.39. The second-order valence-electron chi connectivity index (χ2n) is 2.12. The fourth-order valence-corrected chi connectivity index (χ4v) is 0.851. The molecule has 0 aromatic rings. The molecule has 0 aliphatic carbocycles. The Hall–Kier alpha value is -0.920. The van der Waals surface area contributed by atoms with E-state index in [4.69, 9.17) is 5.73 Å². The first-order valence-electron chi connectivity index (χ1n) is 3.21. The largest absolute Gasteiger partial charge is 0.398 e. The number of allylic oxidation sites excluding steroid dienone is 1. The first kappa shape index (κ1) is 6.20. The summed E-state index contributed by atoms with van der Waals surface area (Å²) >= 11 is 0. The summed E-state index contributed by atoms with van der Waals surface area (Å²) in [5.74, 6) is 0. The zero-order valence-corrected chi connectivity index (χ0v) is 5.67. The summed E-state index contributed by atoms with van der Waals surface area (Å²) in [4.78, 5) is 2.16. The van der Waals surface area contributed by atoms with Crippen molar-refractivity contribution in [1.29, 1.82) is 0 Å². The Bertz CT molecular complexity index is 147. The Morgan fingerprint density at radius 1 is 1.78 bits per heavy atom. The molecular formula is C7H12N2. The molecular weight excluding hydrogens is 112 g/mol. The first-order chi connectivity index (χ1) is 4.33. The van der Waals surface area contributed by atoms with Crippen molar-refractivity contribution in [2.45, 2.75) is 6.92 Å². The minimum Gasteiger partial charge on any atom is -0.398 e. The van der Waals surface area contributed by atoms with E-state index in [0.29, 0.717) is 0 Å². The van der Waals surface area contributed by atoms with Crippen LogP contribution in [-0.4, -0.2) is 18.0 Å². The average molecular weight is 124 g/mol. The Kier molecular flexibility index (Phi) is 1.78. The Balaban J connectivity index is 2.55. The minimum atomic E-state index is 0.850. The van der Waals surface area contributed by atoms with Crippen molar-refractivity contribution in [3.8, 4) is 0 Å². The second kappa shape index (κ2) is 2.58. The van der Waals surface area contributed by atoms with Gasteiger partial charge >= 0.3 is 0 Å². The van der Waals surface area contributed by atoms with Crippen LogP contribution in [0.3, 0.4) is 0 Å². The number of hydrogen-bond donors (Lipinski definition) is 1. The lowest BCUT2D eigenvalue weighted by molar-refractivity contribution is 0.431. The van der Waals surface area contributed by atoms with Crippen molar-refractivity contribution >= 4 is 0 Å². The number of likely N-dealkylation sites (N-methyl/N-ethyl adjacent to an activating group) is 1. The van der Waals surface area contributed by atoms with Gasteiger partial charge < -0.3 is 10.6 Å². The fourth-order valence-electron chi connectivity index (χ4n) is 0.851. The van der Waals surface area contributed by atoms with Crippen LogP contribution in [0.25, 0.3) is 0 Å². The maximum Gasteiger partial charge on any atom is 0.0473 e. The zero-order valence-electron chi connectivity index (χ0n) is 5.67. The molecule has 50 valence electrons. The van der Waals surface area contributed by atoms with Gasteiger partial charge in [-0.25, -0.2) is 0 Å². The van der Waals surface area contributed by atoms with Gasteiger partial charge in [0.1, 0.15) is 0 Å². The molecule has 1 heterocycles. The highest BCUT2D eigenvalue weighted by atomic mass is 15.1. The summed E-state index contributed by atoms with van der Waals surface area (Å²) in [5.41, 5.74) is 6.38. The zero-order chi connectivity index (χ0) is 6.69. The van der Waals surface area contributed by atoms with E-state index in [-0.39, 0.29) is 0 Å². The highest BCUT2D eigenvalue weighted by Crippen LogP contribution is 2.00. The first-order valence-corrected chi connectivity index (χ1v) is 3.21. The van der Waals surface area contributed by atoms with Crippen molar-refractivity contribution in [3.05, 3.63) is 24.0 Å². The van der Waals surface area contributed by atoms with Gasteiger partial charge in [-0.3, -0.25) is 0 Å². The molecule has 1 aliphatic rings. The highest BCUT2D eigenvalue weighted by molar-refractivity contribution is 5.18. The van der Waals surface area contributed by atoms with E-state index in [1.54, 1.807) is 0 Å². The summed E-state index contributed by atoms with van der Waals surface area (Å²) in [6.45, 7) is 4.14. The summed E-state index contributed by atoms with van der Waals surface area (Å²) in [6, 6.07) is 0. The predicted octanol–water partition coefficient (Wildman–Crippen LogP) is 0.678. The van der Waals surface area contributed by atoms with Crippen molar-refractivity contribution in [3.63, 3.8) is 0 Å². The standard InChI is InChI=1S/C7H12N2/c1-2-9-5-3-4-7(8)6-9/h3-4,6H,2,5,8H2,1H3. The van der Waals surface area contributed by atoms with Gasteiger partial charge in [0.15, 0.2) is 0 Å². The summed E-state index contributed by atoms with van der Waals surface area (Å²) in [7, 11) is 0. The van der Waals surface area contributed by atoms with Crippen molar-refractivity contribution in [1.82, 2.24) is 4.90 Å². The average Bonchev–Trinajstić information content (AvgIpc) is 1.88. The van der Waals surface area contributed by atoms with E-state index in [2.05, 4.69) is 17.9 Å². The third-order valence-corrected chi connectivity index (χ3v) is 1.39. The van der Waals surface area contributed by atoms with Crippen LogP contribution in [0.15, 0.2) is 24.0 Å². The van der Waals surface area contributed by atoms with E-state index < -0.39 is 0 Å². The molecule has 0 radical (unpaired) electrons. The normalized spacial score (nSPS) is 17.9. The molecule has 0 aromatic carbocycles. The summed E-state index contributed by atoms with van der Waals surface area (Å²) in [6.07, 6.45) is 5.98. The van der Waals surface area contributed by atoms with E-state index >= 15 is 0 Å². The van der Waals surface area contributed by atoms with Gasteiger partial charge in [-0.15, -0.1) is 0 Å². The topological polar surface area (TPSA) is 29.3 Å². The smallest absolute Gasteiger partial charge is 0.0473 e. The van der Waals surface area contributed by atoms with Gasteiger partial charge in [0.25, 0.3) is 0 Å². The molecule has 1 rings (SSSR count). The number of nitrogens with zero attached hydrogens (tertiary/aromatic N) is 1. The van der Waals surface area contributed by atoms with Crippen LogP contribution in [0, 0.1) is 0 Å². The van der Waals surface area contributed by atoms with Crippen molar-refractivity contribution in [2.24, 2.45) is 5.73 Å². The van der Waals surface area contributed by atoms with Crippen LogP contribution in [0.2, 0.25) is 0 Å². The van der Waals surface area contributed by atoms with Gasteiger partial charge in [0.05, 0.1) is 0 Å². The van der Waals surface area contributed by atoms with Crippen molar-refractivity contribution < 1.29 is 0 Å². The van der Waals surface area contributed by atoms with Gasteiger partial charge in [0.2, 0.25) is 0 Å². The minimum absolute atomic E-state index is 0.850. The molecule has 0 amide bonds. The Morgan fingerprint density at radius 3 is 3.00 bits per heavy atom. The Morgan fingerprint density at radius 2 is 2.56 bits per heavy atom. The lowest BCUT2D eigenvalue weighted by atomic mass is 10.3. The van der Waals surface area contributed by atoms with Crippen LogP contribution in [0.4, 0.5) is 0 Å². The number of rotatable bonds is 1. The molecule has 0 aromatic heterocycles. The third kappa shape index (κ3) is 1.49. The van der Waals surface area contributed by atoms with E-state index in [1.807, 2.05) is 12.3 Å². The van der Waals surface area contributed by atoms with Gasteiger partial charge in [-0.05, 0) is 13.0 Å². The van der Waals surface area contributed by atoms with E-state index in [9.17, 15) is 0 Å². The maximum absolute atomic E-state index is 5.53. The molecule has 0 unspecified atom stereocenters. The monoisotopic (exact) mass is 124 g/mol. The van der Waals surface area contributed by atoms with Crippen LogP contribution in [0.5, 0.6) is 0 Å². The predicted molar refractivity (Wildman–Crippen MR) is 38.7 cm³/mol. The molecule has 0 fully saturated rings. The number of nitrogens with two attached hydrogens (primary N) is 1. The molecule has 0 saturated carbocycles. The highest BCUT2D eigenvalue weighted by Gasteiger charge is 1.97.